The molecular formula is C25H34N4O2. The zero-order valence-corrected chi connectivity index (χ0v) is 18.9. The molecule has 1 saturated heterocycles. The summed E-state index contributed by atoms with van der Waals surface area (Å²) in [6.45, 7) is 7.32. The number of nitrogens with one attached hydrogen (secondary N) is 2. The Balaban J connectivity index is 1.36. The lowest BCUT2D eigenvalue weighted by Gasteiger charge is -2.32. The molecule has 1 heterocycles. The van der Waals surface area contributed by atoms with Crippen LogP contribution in [0.1, 0.15) is 29.5 Å². The van der Waals surface area contributed by atoms with E-state index < -0.39 is 0 Å². The van der Waals surface area contributed by atoms with Crippen molar-refractivity contribution in [3.05, 3.63) is 65.2 Å². The van der Waals surface area contributed by atoms with Gasteiger partial charge in [-0.25, -0.2) is 0 Å². The fraction of sp³-hybridized carbons (Fsp3) is 0.440. The summed E-state index contributed by atoms with van der Waals surface area (Å²) in [4.78, 5) is 29.0. The number of piperidine rings is 1. The summed E-state index contributed by atoms with van der Waals surface area (Å²) in [5.74, 6) is -0.137. The van der Waals surface area contributed by atoms with E-state index in [0.29, 0.717) is 0 Å². The predicted octanol–water partition coefficient (Wildman–Crippen LogP) is 2.95. The molecule has 2 amide bonds. The summed E-state index contributed by atoms with van der Waals surface area (Å²) >= 11 is 0. The van der Waals surface area contributed by atoms with Crippen molar-refractivity contribution in [2.75, 3.05) is 38.5 Å². The van der Waals surface area contributed by atoms with Crippen LogP contribution in [0.4, 0.5) is 5.69 Å². The topological polar surface area (TPSA) is 64.7 Å². The maximum absolute atomic E-state index is 12.4. The first-order valence-corrected chi connectivity index (χ1v) is 11.0. The smallest absolute Gasteiger partial charge is 0.238 e. The molecule has 2 aromatic rings. The summed E-state index contributed by atoms with van der Waals surface area (Å²) in [6.07, 6.45) is 1.91. The normalized spacial score (nSPS) is 15.1. The average Bonchev–Trinajstić information content (AvgIpc) is 2.73. The molecule has 1 aliphatic rings. The fourth-order valence-corrected chi connectivity index (χ4v) is 3.97. The number of aryl methyl sites for hydroxylation is 1. The minimum absolute atomic E-state index is 0.0245. The lowest BCUT2D eigenvalue weighted by Crippen LogP contribution is -2.47. The van der Waals surface area contributed by atoms with Gasteiger partial charge in [0, 0.05) is 31.4 Å². The minimum Gasteiger partial charge on any atom is -0.352 e. The van der Waals surface area contributed by atoms with E-state index in [9.17, 15) is 9.59 Å². The van der Waals surface area contributed by atoms with Gasteiger partial charge in [0.1, 0.15) is 0 Å². The molecule has 0 radical (unpaired) electrons. The standard InChI is InChI=1S/C25H34N4O2/c1-19-8-7-11-23(20(19)2)27-25(31)18-28(3)17-24(30)26-22-12-14-29(15-13-22)16-21-9-5-4-6-10-21/h4-11,22H,12-18H2,1-3H3,(H,26,30)(H,27,31). The molecule has 31 heavy (non-hydrogen) atoms. The van der Waals surface area contributed by atoms with Crippen molar-refractivity contribution in [1.82, 2.24) is 15.1 Å². The molecule has 3 rings (SSSR count). The van der Waals surface area contributed by atoms with Gasteiger partial charge in [0.15, 0.2) is 0 Å². The van der Waals surface area contributed by atoms with E-state index >= 15 is 0 Å². The van der Waals surface area contributed by atoms with E-state index in [1.54, 1.807) is 11.9 Å². The van der Waals surface area contributed by atoms with Crippen LogP contribution in [0.2, 0.25) is 0 Å². The van der Waals surface area contributed by atoms with E-state index in [0.717, 1.165) is 49.3 Å². The molecule has 6 heteroatoms. The van der Waals surface area contributed by atoms with Gasteiger partial charge >= 0.3 is 0 Å². The molecule has 0 aromatic heterocycles. The van der Waals surface area contributed by atoms with Crippen molar-refractivity contribution in [3.8, 4) is 0 Å². The van der Waals surface area contributed by atoms with Crippen LogP contribution in [0.25, 0.3) is 0 Å². The van der Waals surface area contributed by atoms with E-state index in [1.165, 1.54) is 5.56 Å². The third-order valence-corrected chi connectivity index (χ3v) is 5.91. The number of carbonyl (C=O) groups is 2. The lowest BCUT2D eigenvalue weighted by molar-refractivity contribution is -0.123. The summed E-state index contributed by atoms with van der Waals surface area (Å²) in [5, 5.41) is 6.08. The Morgan fingerprint density at radius 2 is 1.65 bits per heavy atom. The summed E-state index contributed by atoms with van der Waals surface area (Å²) in [6, 6.07) is 16.5. The van der Waals surface area contributed by atoms with Gasteiger partial charge in [-0.3, -0.25) is 19.4 Å². The van der Waals surface area contributed by atoms with E-state index in [-0.39, 0.29) is 30.9 Å². The molecule has 166 valence electrons. The van der Waals surface area contributed by atoms with Gasteiger partial charge in [-0.1, -0.05) is 42.5 Å². The summed E-state index contributed by atoms with van der Waals surface area (Å²) in [5.41, 5.74) is 4.35. The monoisotopic (exact) mass is 422 g/mol. The second-order valence-corrected chi connectivity index (χ2v) is 8.57. The molecule has 0 bridgehead atoms. The van der Waals surface area contributed by atoms with E-state index in [4.69, 9.17) is 0 Å². The Morgan fingerprint density at radius 1 is 0.968 bits per heavy atom. The second kappa shape index (κ2) is 11.1. The van der Waals surface area contributed by atoms with Gasteiger partial charge in [0.25, 0.3) is 0 Å². The molecule has 0 spiro atoms. The van der Waals surface area contributed by atoms with Crippen LogP contribution in [0, 0.1) is 13.8 Å². The Kier molecular flexibility index (Phi) is 8.20. The van der Waals surface area contributed by atoms with Gasteiger partial charge in [-0.15, -0.1) is 0 Å². The van der Waals surface area contributed by atoms with Gasteiger partial charge < -0.3 is 10.6 Å². The van der Waals surface area contributed by atoms with Crippen LogP contribution in [-0.4, -0.2) is 60.9 Å². The Labute approximate surface area is 185 Å². The van der Waals surface area contributed by atoms with Crippen LogP contribution >= 0.6 is 0 Å². The molecule has 1 fully saturated rings. The van der Waals surface area contributed by atoms with Gasteiger partial charge in [0.2, 0.25) is 11.8 Å². The minimum atomic E-state index is -0.113. The maximum atomic E-state index is 12.4. The SMILES string of the molecule is Cc1cccc(NC(=O)CN(C)CC(=O)NC2CCN(Cc3ccccc3)CC2)c1C. The van der Waals surface area contributed by atoms with Crippen LogP contribution < -0.4 is 10.6 Å². The number of nitrogens with zero attached hydrogens (tertiary/aromatic N) is 2. The lowest BCUT2D eigenvalue weighted by atomic mass is 10.0. The highest BCUT2D eigenvalue weighted by molar-refractivity contribution is 5.93. The Bertz CT molecular complexity index is 876. The molecule has 6 nitrogen and oxygen atoms in total. The summed E-state index contributed by atoms with van der Waals surface area (Å²) in [7, 11) is 1.80. The van der Waals surface area contributed by atoms with Crippen LogP contribution in [-0.2, 0) is 16.1 Å². The van der Waals surface area contributed by atoms with Crippen LogP contribution in [0.15, 0.2) is 48.5 Å². The quantitative estimate of drug-likeness (QED) is 0.687. The summed E-state index contributed by atoms with van der Waals surface area (Å²) < 4.78 is 0. The molecule has 1 aliphatic heterocycles. The first-order valence-electron chi connectivity index (χ1n) is 11.0. The number of anilines is 1. The van der Waals surface area contributed by atoms with Crippen molar-refractivity contribution in [2.24, 2.45) is 0 Å². The Morgan fingerprint density at radius 3 is 2.35 bits per heavy atom. The van der Waals surface area contributed by atoms with Crippen LogP contribution in [0.3, 0.4) is 0 Å². The number of likely N-dealkylation sites (tertiary alicyclic amines) is 1. The third-order valence-electron chi connectivity index (χ3n) is 5.91. The van der Waals surface area contributed by atoms with Gasteiger partial charge in [-0.2, -0.15) is 0 Å². The first-order chi connectivity index (χ1) is 14.9. The number of benzene rings is 2. The number of likely N-dealkylation sites (N-methyl/N-ethyl adjacent to an activating group) is 1. The van der Waals surface area contributed by atoms with Gasteiger partial charge in [0.05, 0.1) is 13.1 Å². The van der Waals surface area contributed by atoms with Crippen molar-refractivity contribution in [2.45, 2.75) is 39.3 Å². The molecule has 2 N–H and O–H groups in total. The van der Waals surface area contributed by atoms with Crippen LogP contribution in [0.5, 0.6) is 0 Å². The highest BCUT2D eigenvalue weighted by Gasteiger charge is 2.21. The zero-order valence-electron chi connectivity index (χ0n) is 18.9. The predicted molar refractivity (Wildman–Crippen MR) is 125 cm³/mol. The zero-order chi connectivity index (χ0) is 22.2. The molecule has 2 aromatic carbocycles. The highest BCUT2D eigenvalue weighted by atomic mass is 16.2. The molecule has 0 saturated carbocycles. The average molecular weight is 423 g/mol. The molecule has 0 atom stereocenters. The van der Waals surface area contributed by atoms with E-state index in [2.05, 4.69) is 39.8 Å². The number of hydrogen-bond donors (Lipinski definition) is 2. The van der Waals surface area contributed by atoms with Crippen molar-refractivity contribution in [1.29, 1.82) is 0 Å². The van der Waals surface area contributed by atoms with Gasteiger partial charge in [-0.05, 0) is 56.5 Å². The largest absolute Gasteiger partial charge is 0.352 e. The second-order valence-electron chi connectivity index (χ2n) is 8.57. The number of amides is 2. The molecule has 0 unspecified atom stereocenters. The number of hydrogen-bond acceptors (Lipinski definition) is 4. The molecular weight excluding hydrogens is 388 g/mol. The molecule has 0 aliphatic carbocycles. The highest BCUT2D eigenvalue weighted by Crippen LogP contribution is 2.18. The van der Waals surface area contributed by atoms with Crippen molar-refractivity contribution in [3.63, 3.8) is 0 Å². The number of rotatable bonds is 8. The third kappa shape index (κ3) is 7.19. The van der Waals surface area contributed by atoms with Crippen molar-refractivity contribution < 1.29 is 9.59 Å². The maximum Gasteiger partial charge on any atom is 0.238 e. The first kappa shape index (κ1) is 23.0. The Hall–Kier alpha value is -2.70. The number of carbonyl (C=O) groups excluding carboxylic acids is 2. The van der Waals surface area contributed by atoms with Crippen molar-refractivity contribution >= 4 is 17.5 Å². The van der Waals surface area contributed by atoms with E-state index in [1.807, 2.05) is 38.1 Å². The fourth-order valence-electron chi connectivity index (χ4n) is 3.97.